The summed E-state index contributed by atoms with van der Waals surface area (Å²) in [4.78, 5) is 13.7. The van der Waals surface area contributed by atoms with E-state index in [0.29, 0.717) is 18.4 Å². The standard InChI is InChI=1S/C10H18ClN5O2S/c1-4-5-12-9-13-8(11)14-10(15-9)16(2)6-7-19(3,17)18/h4-7H2,1-3H3,(H,12,13,14,15). The summed E-state index contributed by atoms with van der Waals surface area (Å²) in [6.07, 6.45) is 2.12. The highest BCUT2D eigenvalue weighted by Gasteiger charge is 2.11. The summed E-state index contributed by atoms with van der Waals surface area (Å²) >= 11 is 5.82. The molecule has 108 valence electrons. The van der Waals surface area contributed by atoms with Crippen LogP contribution in [0.15, 0.2) is 0 Å². The van der Waals surface area contributed by atoms with Gasteiger partial charge in [-0.3, -0.25) is 0 Å². The maximum atomic E-state index is 11.1. The molecule has 0 amide bonds. The summed E-state index contributed by atoms with van der Waals surface area (Å²) < 4.78 is 22.2. The van der Waals surface area contributed by atoms with Gasteiger partial charge in [0.15, 0.2) is 0 Å². The van der Waals surface area contributed by atoms with Crippen molar-refractivity contribution in [2.75, 3.05) is 42.4 Å². The minimum absolute atomic E-state index is 0.0323. The molecule has 1 aromatic heterocycles. The van der Waals surface area contributed by atoms with E-state index < -0.39 is 9.84 Å². The Bertz CT molecular complexity index is 523. The van der Waals surface area contributed by atoms with Crippen LogP contribution >= 0.6 is 11.6 Å². The van der Waals surface area contributed by atoms with Crippen molar-refractivity contribution in [3.63, 3.8) is 0 Å². The lowest BCUT2D eigenvalue weighted by Gasteiger charge is -2.17. The molecule has 1 rings (SSSR count). The van der Waals surface area contributed by atoms with E-state index >= 15 is 0 Å². The first-order valence-corrected chi connectivity index (χ1v) is 8.30. The monoisotopic (exact) mass is 307 g/mol. The zero-order chi connectivity index (χ0) is 14.5. The number of hydrogen-bond acceptors (Lipinski definition) is 7. The first kappa shape index (κ1) is 15.9. The van der Waals surface area contributed by atoms with E-state index in [2.05, 4.69) is 20.3 Å². The third-order valence-corrected chi connectivity index (χ3v) is 3.36. The number of anilines is 2. The van der Waals surface area contributed by atoms with Crippen molar-refractivity contribution in [1.82, 2.24) is 15.0 Å². The average molecular weight is 308 g/mol. The summed E-state index contributed by atoms with van der Waals surface area (Å²) in [5, 5.41) is 3.09. The Kier molecular flexibility index (Phi) is 5.74. The van der Waals surface area contributed by atoms with E-state index in [1.54, 1.807) is 11.9 Å². The molecule has 0 aromatic carbocycles. The summed E-state index contributed by atoms with van der Waals surface area (Å²) in [6.45, 7) is 3.05. The molecule has 1 heterocycles. The van der Waals surface area contributed by atoms with Gasteiger partial charge in [0.05, 0.1) is 5.75 Å². The smallest absolute Gasteiger partial charge is 0.231 e. The van der Waals surface area contributed by atoms with E-state index in [1.165, 1.54) is 6.26 Å². The summed E-state index contributed by atoms with van der Waals surface area (Å²) in [5.41, 5.74) is 0. The largest absolute Gasteiger partial charge is 0.354 e. The van der Waals surface area contributed by atoms with Gasteiger partial charge in [0.2, 0.25) is 17.2 Å². The molecule has 0 bridgehead atoms. The second-order valence-electron chi connectivity index (χ2n) is 4.21. The van der Waals surface area contributed by atoms with Crippen LogP contribution in [0.25, 0.3) is 0 Å². The van der Waals surface area contributed by atoms with Crippen LogP contribution in [0.2, 0.25) is 5.28 Å². The molecule has 0 aliphatic carbocycles. The zero-order valence-corrected chi connectivity index (χ0v) is 12.8. The number of halogens is 1. The van der Waals surface area contributed by atoms with Crippen molar-refractivity contribution in [2.24, 2.45) is 0 Å². The first-order valence-electron chi connectivity index (χ1n) is 5.86. The van der Waals surface area contributed by atoms with Crippen LogP contribution in [0.1, 0.15) is 13.3 Å². The molecule has 19 heavy (non-hydrogen) atoms. The van der Waals surface area contributed by atoms with E-state index in [1.807, 2.05) is 6.92 Å². The van der Waals surface area contributed by atoms with Crippen molar-refractivity contribution in [2.45, 2.75) is 13.3 Å². The quantitative estimate of drug-likeness (QED) is 0.798. The number of nitrogens with zero attached hydrogens (tertiary/aromatic N) is 4. The van der Waals surface area contributed by atoms with Crippen molar-refractivity contribution < 1.29 is 8.42 Å². The lowest BCUT2D eigenvalue weighted by atomic mass is 10.5. The van der Waals surface area contributed by atoms with E-state index in [4.69, 9.17) is 11.6 Å². The molecule has 1 aromatic rings. The van der Waals surface area contributed by atoms with E-state index in [9.17, 15) is 8.42 Å². The molecule has 0 unspecified atom stereocenters. The molecular weight excluding hydrogens is 290 g/mol. The Balaban J connectivity index is 2.78. The number of hydrogen-bond donors (Lipinski definition) is 1. The molecule has 9 heteroatoms. The number of rotatable bonds is 7. The molecule has 0 saturated heterocycles. The lowest BCUT2D eigenvalue weighted by Crippen LogP contribution is -2.27. The highest BCUT2D eigenvalue weighted by atomic mass is 35.5. The number of aromatic nitrogens is 3. The SMILES string of the molecule is CCCNc1nc(Cl)nc(N(C)CCS(C)(=O)=O)n1. The fourth-order valence-electron chi connectivity index (χ4n) is 1.23. The maximum absolute atomic E-state index is 11.1. The molecule has 0 aliphatic heterocycles. The fourth-order valence-corrected chi connectivity index (χ4v) is 1.99. The Morgan fingerprint density at radius 1 is 1.32 bits per heavy atom. The average Bonchev–Trinajstić information content (AvgIpc) is 2.31. The zero-order valence-electron chi connectivity index (χ0n) is 11.2. The maximum Gasteiger partial charge on any atom is 0.231 e. The third kappa shape index (κ3) is 6.02. The molecule has 0 atom stereocenters. The molecular formula is C10H18ClN5O2S. The minimum atomic E-state index is -3.02. The summed E-state index contributed by atoms with van der Waals surface area (Å²) in [5.74, 6) is 0.773. The molecule has 0 saturated carbocycles. The van der Waals surface area contributed by atoms with E-state index in [0.717, 1.165) is 13.0 Å². The van der Waals surface area contributed by atoms with Gasteiger partial charge in [-0.2, -0.15) is 15.0 Å². The fraction of sp³-hybridized carbons (Fsp3) is 0.700. The van der Waals surface area contributed by atoms with Gasteiger partial charge in [-0.05, 0) is 18.0 Å². The van der Waals surface area contributed by atoms with Crippen LogP contribution in [0.3, 0.4) is 0 Å². The highest BCUT2D eigenvalue weighted by molar-refractivity contribution is 7.90. The van der Waals surface area contributed by atoms with Gasteiger partial charge in [0.25, 0.3) is 0 Å². The molecule has 7 nitrogen and oxygen atoms in total. The molecule has 0 radical (unpaired) electrons. The highest BCUT2D eigenvalue weighted by Crippen LogP contribution is 2.12. The van der Waals surface area contributed by atoms with Crippen molar-refractivity contribution in [3.8, 4) is 0 Å². The Morgan fingerprint density at radius 2 is 2.00 bits per heavy atom. The van der Waals surface area contributed by atoms with Gasteiger partial charge in [-0.15, -0.1) is 0 Å². The van der Waals surface area contributed by atoms with Crippen LogP contribution in [0, 0.1) is 0 Å². The van der Waals surface area contributed by atoms with Crippen LogP contribution < -0.4 is 10.2 Å². The third-order valence-electron chi connectivity index (χ3n) is 2.27. The topological polar surface area (TPSA) is 88.1 Å². The van der Waals surface area contributed by atoms with Gasteiger partial charge in [0, 0.05) is 26.4 Å². The molecule has 0 aliphatic rings. The Labute approximate surface area is 118 Å². The summed E-state index contributed by atoms with van der Waals surface area (Å²) in [7, 11) is -1.31. The van der Waals surface area contributed by atoms with E-state index in [-0.39, 0.29) is 11.0 Å². The minimum Gasteiger partial charge on any atom is -0.354 e. The number of nitrogens with one attached hydrogen (secondary N) is 1. The normalized spacial score (nSPS) is 11.4. The molecule has 1 N–H and O–H groups in total. The Morgan fingerprint density at radius 3 is 2.58 bits per heavy atom. The first-order chi connectivity index (χ1) is 8.81. The van der Waals surface area contributed by atoms with Gasteiger partial charge >= 0.3 is 0 Å². The van der Waals surface area contributed by atoms with Crippen LogP contribution in [-0.4, -0.2) is 55.5 Å². The lowest BCUT2D eigenvalue weighted by molar-refractivity contribution is 0.601. The van der Waals surface area contributed by atoms with Gasteiger partial charge < -0.3 is 10.2 Å². The summed E-state index contributed by atoms with van der Waals surface area (Å²) in [6, 6.07) is 0. The van der Waals surface area contributed by atoms with Gasteiger partial charge in [-0.1, -0.05) is 6.92 Å². The number of sulfone groups is 1. The molecule has 0 spiro atoms. The van der Waals surface area contributed by atoms with Crippen molar-refractivity contribution in [1.29, 1.82) is 0 Å². The van der Waals surface area contributed by atoms with Crippen LogP contribution in [0.5, 0.6) is 0 Å². The predicted molar refractivity (Wildman–Crippen MR) is 76.6 cm³/mol. The van der Waals surface area contributed by atoms with Gasteiger partial charge in [0.1, 0.15) is 9.84 Å². The van der Waals surface area contributed by atoms with Crippen LogP contribution in [-0.2, 0) is 9.84 Å². The van der Waals surface area contributed by atoms with Crippen molar-refractivity contribution in [3.05, 3.63) is 5.28 Å². The van der Waals surface area contributed by atoms with Crippen molar-refractivity contribution >= 4 is 33.3 Å². The second-order valence-corrected chi connectivity index (χ2v) is 6.80. The molecule has 0 fully saturated rings. The predicted octanol–water partition coefficient (Wildman–Crippen LogP) is 0.828. The Hall–Kier alpha value is -1.15. The second kappa shape index (κ2) is 6.85. The van der Waals surface area contributed by atoms with Gasteiger partial charge in [-0.25, -0.2) is 8.42 Å². The van der Waals surface area contributed by atoms with Crippen LogP contribution in [0.4, 0.5) is 11.9 Å².